The molecule has 0 spiro atoms. The molecule has 2 heteroatoms. The molecule has 0 radical (unpaired) electrons. The third-order valence-electron chi connectivity index (χ3n) is 4.51. The lowest BCUT2D eigenvalue weighted by Crippen LogP contribution is -2.43. The van der Waals surface area contributed by atoms with Gasteiger partial charge >= 0.3 is 0 Å². The van der Waals surface area contributed by atoms with Crippen molar-refractivity contribution in [3.05, 3.63) is 0 Å². The van der Waals surface area contributed by atoms with Crippen LogP contribution < -0.4 is 0 Å². The first-order valence-corrected chi connectivity index (χ1v) is 6.71. The molecule has 0 bridgehead atoms. The molecule has 2 saturated carbocycles. The van der Waals surface area contributed by atoms with E-state index in [1.165, 1.54) is 19.3 Å². The van der Waals surface area contributed by atoms with Gasteiger partial charge in [-0.2, -0.15) is 0 Å². The molecule has 1 unspecified atom stereocenters. The van der Waals surface area contributed by atoms with E-state index in [2.05, 4.69) is 25.8 Å². The molecule has 2 aliphatic rings. The van der Waals surface area contributed by atoms with Crippen LogP contribution in [0.15, 0.2) is 0 Å². The Morgan fingerprint density at radius 3 is 2.62 bits per heavy atom. The highest BCUT2D eigenvalue weighted by atomic mass is 16.1. The molecule has 0 aromatic heterocycles. The van der Waals surface area contributed by atoms with Crippen molar-refractivity contribution in [1.82, 2.24) is 4.90 Å². The Bertz CT molecular complexity index is 268. The second-order valence-electron chi connectivity index (χ2n) is 6.56. The Balaban J connectivity index is 1.89. The highest BCUT2D eigenvalue weighted by Gasteiger charge is 2.35. The number of hydrogen-bond donors (Lipinski definition) is 0. The number of nitrogens with zero attached hydrogens (tertiary/aromatic N) is 1. The van der Waals surface area contributed by atoms with Gasteiger partial charge in [0.25, 0.3) is 0 Å². The zero-order valence-electron chi connectivity index (χ0n) is 11.0. The third kappa shape index (κ3) is 2.65. The molecular weight excluding hydrogens is 198 g/mol. The minimum Gasteiger partial charge on any atom is -0.303 e. The van der Waals surface area contributed by atoms with Crippen LogP contribution in [0.2, 0.25) is 0 Å². The monoisotopic (exact) mass is 223 g/mol. The van der Waals surface area contributed by atoms with Crippen molar-refractivity contribution in [3.63, 3.8) is 0 Å². The molecule has 16 heavy (non-hydrogen) atoms. The summed E-state index contributed by atoms with van der Waals surface area (Å²) in [6.45, 7) is 5.60. The van der Waals surface area contributed by atoms with E-state index < -0.39 is 0 Å². The van der Waals surface area contributed by atoms with Gasteiger partial charge in [-0.3, -0.25) is 4.79 Å². The van der Waals surface area contributed by atoms with Crippen molar-refractivity contribution < 1.29 is 4.79 Å². The Morgan fingerprint density at radius 1 is 1.38 bits per heavy atom. The van der Waals surface area contributed by atoms with E-state index in [1.54, 1.807) is 0 Å². The van der Waals surface area contributed by atoms with E-state index in [4.69, 9.17) is 0 Å². The molecule has 0 aromatic carbocycles. The largest absolute Gasteiger partial charge is 0.303 e. The quantitative estimate of drug-likeness (QED) is 0.733. The maximum Gasteiger partial charge on any atom is 0.137 e. The average molecular weight is 223 g/mol. The zero-order chi connectivity index (χ0) is 11.8. The summed E-state index contributed by atoms with van der Waals surface area (Å²) < 4.78 is 0. The van der Waals surface area contributed by atoms with Gasteiger partial charge in [-0.05, 0) is 38.1 Å². The predicted octanol–water partition coefficient (Wildman–Crippen LogP) is 2.87. The van der Waals surface area contributed by atoms with Gasteiger partial charge < -0.3 is 4.90 Å². The van der Waals surface area contributed by atoms with Crippen LogP contribution in [0.25, 0.3) is 0 Å². The van der Waals surface area contributed by atoms with Crippen LogP contribution >= 0.6 is 0 Å². The molecule has 2 rings (SSSR count). The number of carbonyl (C=O) groups is 1. The standard InChI is InChI=1S/C14H25NO/c1-14(2)8-7-13(16)11(9-14)10-15(3)12-5-4-6-12/h11-12H,4-10H2,1-3H3. The van der Waals surface area contributed by atoms with Gasteiger partial charge in [-0.25, -0.2) is 0 Å². The fraction of sp³-hybridized carbons (Fsp3) is 0.929. The van der Waals surface area contributed by atoms with Crippen molar-refractivity contribution >= 4 is 5.78 Å². The van der Waals surface area contributed by atoms with Crippen LogP contribution in [0.5, 0.6) is 0 Å². The zero-order valence-corrected chi connectivity index (χ0v) is 11.0. The van der Waals surface area contributed by atoms with Crippen LogP contribution in [0.3, 0.4) is 0 Å². The molecule has 2 fully saturated rings. The number of ketones is 1. The lowest BCUT2D eigenvalue weighted by Gasteiger charge is -2.40. The van der Waals surface area contributed by atoms with Crippen LogP contribution in [-0.2, 0) is 4.79 Å². The van der Waals surface area contributed by atoms with Gasteiger partial charge in [-0.1, -0.05) is 20.3 Å². The van der Waals surface area contributed by atoms with Gasteiger partial charge in [0.05, 0.1) is 0 Å². The smallest absolute Gasteiger partial charge is 0.137 e. The van der Waals surface area contributed by atoms with Crippen LogP contribution in [0.1, 0.15) is 52.4 Å². The summed E-state index contributed by atoms with van der Waals surface area (Å²) in [5.41, 5.74) is 0.374. The summed E-state index contributed by atoms with van der Waals surface area (Å²) in [5, 5.41) is 0. The van der Waals surface area contributed by atoms with E-state index in [1.807, 2.05) is 0 Å². The predicted molar refractivity (Wildman–Crippen MR) is 66.4 cm³/mol. The van der Waals surface area contributed by atoms with Gasteiger partial charge in [0.15, 0.2) is 0 Å². The maximum absolute atomic E-state index is 11.9. The summed E-state index contributed by atoms with van der Waals surface area (Å²) in [5.74, 6) is 0.805. The third-order valence-corrected chi connectivity index (χ3v) is 4.51. The Kier molecular flexibility index (Phi) is 3.39. The van der Waals surface area contributed by atoms with Crippen molar-refractivity contribution in [1.29, 1.82) is 0 Å². The van der Waals surface area contributed by atoms with Crippen molar-refractivity contribution in [2.45, 2.75) is 58.4 Å². The van der Waals surface area contributed by atoms with Crippen molar-refractivity contribution in [2.24, 2.45) is 11.3 Å². The number of Topliss-reactive ketones (excluding diaryl/α,β-unsaturated/α-hetero) is 1. The number of carbonyl (C=O) groups excluding carboxylic acids is 1. The molecule has 0 aromatic rings. The van der Waals surface area contributed by atoms with Gasteiger partial charge in [-0.15, -0.1) is 0 Å². The molecule has 2 aliphatic carbocycles. The fourth-order valence-corrected chi connectivity index (χ4v) is 3.04. The Hall–Kier alpha value is -0.370. The van der Waals surface area contributed by atoms with Crippen LogP contribution in [-0.4, -0.2) is 30.3 Å². The highest BCUT2D eigenvalue weighted by molar-refractivity contribution is 5.82. The minimum absolute atomic E-state index is 0.300. The summed E-state index contributed by atoms with van der Waals surface area (Å²) >= 11 is 0. The first-order chi connectivity index (χ1) is 7.48. The van der Waals surface area contributed by atoms with Crippen LogP contribution in [0.4, 0.5) is 0 Å². The van der Waals surface area contributed by atoms with Crippen molar-refractivity contribution in [3.8, 4) is 0 Å². The average Bonchev–Trinajstić information content (AvgIpc) is 2.08. The minimum atomic E-state index is 0.300. The molecule has 0 saturated heterocycles. The SMILES string of the molecule is CN(CC1CC(C)(C)CCC1=O)C1CCC1. The van der Waals surface area contributed by atoms with Crippen molar-refractivity contribution in [2.75, 3.05) is 13.6 Å². The summed E-state index contributed by atoms with van der Waals surface area (Å²) in [4.78, 5) is 14.3. The molecule has 2 nitrogen and oxygen atoms in total. The van der Waals surface area contributed by atoms with Gasteiger partial charge in [0, 0.05) is 24.9 Å². The van der Waals surface area contributed by atoms with Gasteiger partial charge in [0.1, 0.15) is 5.78 Å². The molecule has 0 N–H and O–H groups in total. The van der Waals surface area contributed by atoms with E-state index in [9.17, 15) is 4.79 Å². The second-order valence-corrected chi connectivity index (χ2v) is 6.56. The van der Waals surface area contributed by atoms with E-state index >= 15 is 0 Å². The summed E-state index contributed by atoms with van der Waals surface area (Å²) in [7, 11) is 2.19. The highest BCUT2D eigenvalue weighted by Crippen LogP contribution is 2.37. The molecular formula is C14H25NO. The van der Waals surface area contributed by atoms with Crippen LogP contribution in [0, 0.1) is 11.3 Å². The second kappa shape index (κ2) is 4.48. The van der Waals surface area contributed by atoms with E-state index in [0.717, 1.165) is 31.8 Å². The summed E-state index contributed by atoms with van der Waals surface area (Å²) in [6, 6.07) is 0.762. The molecule has 0 aliphatic heterocycles. The first kappa shape index (κ1) is 12.1. The molecule has 0 amide bonds. The van der Waals surface area contributed by atoms with E-state index in [0.29, 0.717) is 17.1 Å². The lowest BCUT2D eigenvalue weighted by atomic mass is 9.71. The Labute approximate surface area is 99.4 Å². The Morgan fingerprint density at radius 2 is 2.06 bits per heavy atom. The first-order valence-electron chi connectivity index (χ1n) is 6.71. The maximum atomic E-state index is 11.9. The fourth-order valence-electron chi connectivity index (χ4n) is 3.04. The molecule has 0 heterocycles. The topological polar surface area (TPSA) is 20.3 Å². The normalized spacial score (nSPS) is 30.5. The molecule has 92 valence electrons. The number of rotatable bonds is 3. The summed E-state index contributed by atoms with van der Waals surface area (Å²) in [6.07, 6.45) is 7.01. The van der Waals surface area contributed by atoms with Gasteiger partial charge in [0.2, 0.25) is 0 Å². The lowest BCUT2D eigenvalue weighted by molar-refractivity contribution is -0.128. The molecule has 1 atom stereocenters. The number of hydrogen-bond acceptors (Lipinski definition) is 2. The van der Waals surface area contributed by atoms with E-state index in [-0.39, 0.29) is 0 Å².